The lowest BCUT2D eigenvalue weighted by Crippen LogP contribution is -2.32. The van der Waals surface area contributed by atoms with Crippen LogP contribution in [0, 0.1) is 5.92 Å². The molecule has 0 radical (unpaired) electrons. The van der Waals surface area contributed by atoms with Crippen molar-refractivity contribution in [3.63, 3.8) is 0 Å². The van der Waals surface area contributed by atoms with Crippen LogP contribution in [-0.4, -0.2) is 45.2 Å². The van der Waals surface area contributed by atoms with Crippen molar-refractivity contribution in [2.24, 2.45) is 5.92 Å². The summed E-state index contributed by atoms with van der Waals surface area (Å²) in [6.07, 6.45) is 1.11. The van der Waals surface area contributed by atoms with E-state index in [0.717, 1.165) is 22.0 Å². The molecule has 3 rings (SSSR count). The summed E-state index contributed by atoms with van der Waals surface area (Å²) in [5.74, 6) is -0.643. The fourth-order valence-corrected chi connectivity index (χ4v) is 4.27. The number of nitrogens with zero attached hydrogens (tertiary/aromatic N) is 2. The van der Waals surface area contributed by atoms with Crippen LogP contribution >= 0.6 is 0 Å². The van der Waals surface area contributed by atoms with Crippen LogP contribution in [0.2, 0.25) is 0 Å². The van der Waals surface area contributed by atoms with Crippen molar-refractivity contribution >= 4 is 27.5 Å². The van der Waals surface area contributed by atoms with Crippen LogP contribution in [0.15, 0.2) is 53.4 Å². The predicted molar refractivity (Wildman–Crippen MR) is 115 cm³/mol. The molecule has 1 atom stereocenters. The summed E-state index contributed by atoms with van der Waals surface area (Å²) < 4.78 is 25.4. The van der Waals surface area contributed by atoms with Crippen molar-refractivity contribution in [3.05, 3.63) is 59.7 Å². The zero-order valence-corrected chi connectivity index (χ0v) is 18.3. The Morgan fingerprint density at radius 3 is 2.23 bits per heavy atom. The summed E-state index contributed by atoms with van der Waals surface area (Å²) in [7, 11) is -0.518. The van der Waals surface area contributed by atoms with E-state index < -0.39 is 15.9 Å². The first kappa shape index (κ1) is 22.0. The number of carbonyl (C=O) groups excluding carboxylic acids is 2. The van der Waals surface area contributed by atoms with Gasteiger partial charge in [0, 0.05) is 39.3 Å². The SMILES string of the molecule is CCc1ccc(N2CC(C(=O)NCc3ccc(S(=O)(=O)N(C)C)cc3)CC2=O)cc1. The molecule has 1 heterocycles. The van der Waals surface area contributed by atoms with Gasteiger partial charge in [-0.3, -0.25) is 9.59 Å². The lowest BCUT2D eigenvalue weighted by Gasteiger charge is -2.17. The Hall–Kier alpha value is -2.71. The molecule has 1 aliphatic heterocycles. The molecule has 1 aliphatic rings. The molecule has 1 saturated heterocycles. The molecule has 0 saturated carbocycles. The van der Waals surface area contributed by atoms with Crippen molar-refractivity contribution in [3.8, 4) is 0 Å². The van der Waals surface area contributed by atoms with Crippen LogP contribution in [-0.2, 0) is 32.6 Å². The Kier molecular flexibility index (Phi) is 6.58. The first-order valence-corrected chi connectivity index (χ1v) is 11.3. The maximum atomic E-state index is 12.6. The van der Waals surface area contributed by atoms with E-state index in [4.69, 9.17) is 0 Å². The third kappa shape index (κ3) is 4.71. The van der Waals surface area contributed by atoms with Gasteiger partial charge in [0.1, 0.15) is 0 Å². The van der Waals surface area contributed by atoms with E-state index in [2.05, 4.69) is 12.2 Å². The second-order valence-electron chi connectivity index (χ2n) is 7.57. The van der Waals surface area contributed by atoms with E-state index >= 15 is 0 Å². The van der Waals surface area contributed by atoms with Crippen LogP contribution in [0.3, 0.4) is 0 Å². The quantitative estimate of drug-likeness (QED) is 0.731. The zero-order valence-electron chi connectivity index (χ0n) is 17.5. The molecule has 8 heteroatoms. The summed E-state index contributed by atoms with van der Waals surface area (Å²) in [6.45, 7) is 2.71. The normalized spacial score (nSPS) is 16.9. The first-order valence-electron chi connectivity index (χ1n) is 9.91. The number of hydrogen-bond acceptors (Lipinski definition) is 4. The van der Waals surface area contributed by atoms with Crippen molar-refractivity contribution in [1.29, 1.82) is 0 Å². The van der Waals surface area contributed by atoms with Gasteiger partial charge < -0.3 is 10.2 Å². The summed E-state index contributed by atoms with van der Waals surface area (Å²) in [4.78, 5) is 26.8. The molecule has 0 bridgehead atoms. The number of aryl methyl sites for hydroxylation is 1. The van der Waals surface area contributed by atoms with Gasteiger partial charge in [-0.1, -0.05) is 31.2 Å². The maximum absolute atomic E-state index is 12.6. The number of anilines is 1. The average Bonchev–Trinajstić information content (AvgIpc) is 3.14. The average molecular weight is 430 g/mol. The third-order valence-electron chi connectivity index (χ3n) is 5.32. The van der Waals surface area contributed by atoms with Gasteiger partial charge in [0.2, 0.25) is 21.8 Å². The van der Waals surface area contributed by atoms with E-state index in [9.17, 15) is 18.0 Å². The fourth-order valence-electron chi connectivity index (χ4n) is 3.37. The minimum Gasteiger partial charge on any atom is -0.352 e. The molecule has 1 unspecified atom stereocenters. The van der Waals surface area contributed by atoms with Gasteiger partial charge in [0.05, 0.1) is 10.8 Å². The number of benzene rings is 2. The largest absolute Gasteiger partial charge is 0.352 e. The topological polar surface area (TPSA) is 86.8 Å². The summed E-state index contributed by atoms with van der Waals surface area (Å²) >= 11 is 0. The van der Waals surface area contributed by atoms with E-state index in [1.54, 1.807) is 17.0 Å². The highest BCUT2D eigenvalue weighted by molar-refractivity contribution is 7.89. The summed E-state index contributed by atoms with van der Waals surface area (Å²) in [6, 6.07) is 14.2. The number of amides is 2. The van der Waals surface area contributed by atoms with Crippen molar-refractivity contribution in [1.82, 2.24) is 9.62 Å². The van der Waals surface area contributed by atoms with E-state index in [1.807, 2.05) is 24.3 Å². The number of rotatable bonds is 7. The molecular formula is C22H27N3O4S. The maximum Gasteiger partial charge on any atom is 0.242 e. The second kappa shape index (κ2) is 8.97. The van der Waals surface area contributed by atoms with Crippen LogP contribution in [0.5, 0.6) is 0 Å². The molecule has 160 valence electrons. The minimum atomic E-state index is -3.48. The highest BCUT2D eigenvalue weighted by Crippen LogP contribution is 2.25. The van der Waals surface area contributed by atoms with Crippen LogP contribution < -0.4 is 10.2 Å². The standard InChI is InChI=1S/C22H27N3O4S/c1-4-16-5-9-19(10-6-16)25-15-18(13-21(25)26)22(27)23-14-17-7-11-20(12-8-17)30(28,29)24(2)3/h5-12,18H,4,13-15H2,1-3H3,(H,23,27). The van der Waals surface area contributed by atoms with Gasteiger partial charge in [-0.2, -0.15) is 0 Å². The van der Waals surface area contributed by atoms with Gasteiger partial charge in [-0.15, -0.1) is 0 Å². The number of sulfonamides is 1. The summed E-state index contributed by atoms with van der Waals surface area (Å²) in [5.41, 5.74) is 2.80. The molecule has 0 spiro atoms. The fraction of sp³-hybridized carbons (Fsp3) is 0.364. The van der Waals surface area contributed by atoms with Gasteiger partial charge >= 0.3 is 0 Å². The van der Waals surface area contributed by atoms with E-state index in [1.165, 1.54) is 31.8 Å². The highest BCUT2D eigenvalue weighted by Gasteiger charge is 2.35. The molecule has 2 aromatic rings. The minimum absolute atomic E-state index is 0.0577. The van der Waals surface area contributed by atoms with Gasteiger partial charge in [0.25, 0.3) is 0 Å². The molecule has 0 aliphatic carbocycles. The zero-order chi connectivity index (χ0) is 21.9. The second-order valence-corrected chi connectivity index (χ2v) is 9.73. The van der Waals surface area contributed by atoms with Gasteiger partial charge in [0.15, 0.2) is 0 Å². The Labute approximate surface area is 177 Å². The predicted octanol–water partition coefficient (Wildman–Crippen LogP) is 2.17. The Morgan fingerprint density at radius 2 is 1.67 bits per heavy atom. The first-order chi connectivity index (χ1) is 14.2. The summed E-state index contributed by atoms with van der Waals surface area (Å²) in [5, 5.41) is 2.85. The Balaban J connectivity index is 1.58. The monoisotopic (exact) mass is 429 g/mol. The van der Waals surface area contributed by atoms with Crippen molar-refractivity contribution in [2.75, 3.05) is 25.5 Å². The van der Waals surface area contributed by atoms with E-state index in [0.29, 0.717) is 6.54 Å². The van der Waals surface area contributed by atoms with Gasteiger partial charge in [-0.05, 0) is 41.8 Å². The molecule has 1 N–H and O–H groups in total. The van der Waals surface area contributed by atoms with E-state index in [-0.39, 0.29) is 29.7 Å². The Morgan fingerprint density at radius 1 is 1.07 bits per heavy atom. The van der Waals surface area contributed by atoms with Crippen LogP contribution in [0.25, 0.3) is 0 Å². The Bertz CT molecular complexity index is 1020. The number of carbonyl (C=O) groups is 2. The van der Waals surface area contributed by atoms with Crippen LogP contribution in [0.4, 0.5) is 5.69 Å². The molecule has 1 fully saturated rings. The highest BCUT2D eigenvalue weighted by atomic mass is 32.2. The third-order valence-corrected chi connectivity index (χ3v) is 7.15. The van der Waals surface area contributed by atoms with Crippen molar-refractivity contribution < 1.29 is 18.0 Å². The molecule has 2 amide bonds. The molecule has 2 aromatic carbocycles. The van der Waals surface area contributed by atoms with Gasteiger partial charge in [-0.25, -0.2) is 12.7 Å². The smallest absolute Gasteiger partial charge is 0.242 e. The molecule has 30 heavy (non-hydrogen) atoms. The van der Waals surface area contributed by atoms with Crippen LogP contribution in [0.1, 0.15) is 24.5 Å². The molecular weight excluding hydrogens is 402 g/mol. The molecule has 0 aromatic heterocycles. The molecule has 7 nitrogen and oxygen atoms in total. The number of hydrogen-bond donors (Lipinski definition) is 1. The number of nitrogens with one attached hydrogen (secondary N) is 1. The lowest BCUT2D eigenvalue weighted by molar-refractivity contribution is -0.126. The van der Waals surface area contributed by atoms with Crippen molar-refractivity contribution in [2.45, 2.75) is 31.2 Å². The lowest BCUT2D eigenvalue weighted by atomic mass is 10.1.